The second kappa shape index (κ2) is 16.9. The Labute approximate surface area is 363 Å². The first-order valence-corrected chi connectivity index (χ1v) is 24.2. The monoisotopic (exact) mass is 866 g/mol. The molecule has 2 aliphatic carbocycles. The lowest BCUT2D eigenvalue weighted by Gasteiger charge is -2.29. The zero-order valence-electron chi connectivity index (χ0n) is 36.2. The van der Waals surface area contributed by atoms with Crippen LogP contribution in [-0.4, -0.2) is 71.4 Å². The Morgan fingerprint density at radius 3 is 2.57 bits per heavy atom. The number of hydrogen-bond acceptors (Lipinski definition) is 10. The van der Waals surface area contributed by atoms with Crippen LogP contribution in [0.3, 0.4) is 0 Å². The number of nitrogens with zero attached hydrogens (tertiary/aromatic N) is 3. The molecular weight excluding hydrogens is 809 g/mol. The number of aryl methyl sites for hydroxylation is 2. The highest BCUT2D eigenvalue weighted by Gasteiger charge is 2.62. The molecule has 1 saturated heterocycles. The minimum Gasteiger partial charge on any atom is -0.496 e. The molecule has 0 radical (unpaired) electrons. The Balaban J connectivity index is 1.15. The van der Waals surface area contributed by atoms with Crippen molar-refractivity contribution in [1.82, 2.24) is 19.6 Å². The molecule has 2 saturated carbocycles. The van der Waals surface area contributed by atoms with Gasteiger partial charge < -0.3 is 14.4 Å². The van der Waals surface area contributed by atoms with Crippen molar-refractivity contribution in [1.29, 1.82) is 0 Å². The maximum atomic E-state index is 15.0. The van der Waals surface area contributed by atoms with Gasteiger partial charge in [0.2, 0.25) is 21.8 Å². The second-order valence-corrected chi connectivity index (χ2v) is 21.5. The zero-order chi connectivity index (χ0) is 43.3. The predicted molar refractivity (Wildman–Crippen MR) is 238 cm³/mol. The molecule has 11 nitrogen and oxygen atoms in total. The van der Waals surface area contributed by atoms with E-state index in [2.05, 4.69) is 36.8 Å². The van der Waals surface area contributed by atoms with Gasteiger partial charge in [0, 0.05) is 41.2 Å². The number of carbonyl (C=O) groups excluding carboxylic acids is 3. The van der Waals surface area contributed by atoms with Crippen LogP contribution < -0.4 is 14.2 Å². The van der Waals surface area contributed by atoms with E-state index in [0.717, 1.165) is 58.5 Å². The van der Waals surface area contributed by atoms with E-state index in [1.807, 2.05) is 55.6 Å². The van der Waals surface area contributed by atoms with Crippen molar-refractivity contribution in [3.8, 4) is 22.2 Å². The van der Waals surface area contributed by atoms with Crippen molar-refractivity contribution >= 4 is 49.9 Å². The second-order valence-electron chi connectivity index (χ2n) is 18.5. The highest BCUT2D eigenvalue weighted by atomic mass is 32.2. The van der Waals surface area contributed by atoms with Crippen LogP contribution in [0.1, 0.15) is 113 Å². The number of thiazole rings is 1. The number of fused-ring (bicyclic) bond motifs is 3. The number of methoxy groups -OCH3 is 1. The van der Waals surface area contributed by atoms with Crippen molar-refractivity contribution in [2.24, 2.45) is 17.3 Å². The van der Waals surface area contributed by atoms with E-state index >= 15 is 4.79 Å². The average molecular weight is 867 g/mol. The minimum absolute atomic E-state index is 0.0982. The van der Waals surface area contributed by atoms with Crippen LogP contribution in [0.5, 0.6) is 11.5 Å². The van der Waals surface area contributed by atoms with Crippen LogP contribution in [-0.2, 0) is 30.8 Å². The fraction of sp³-hybridized carbons (Fsp3) is 0.521. The maximum absolute atomic E-state index is 15.0. The van der Waals surface area contributed by atoms with Gasteiger partial charge in [-0.15, -0.1) is 11.3 Å². The molecule has 2 aromatic carbocycles. The number of hydrogen-bond donors (Lipinski definition) is 1. The van der Waals surface area contributed by atoms with E-state index in [-0.39, 0.29) is 48.8 Å². The normalized spacial score (nSPS) is 25.9. The van der Waals surface area contributed by atoms with Crippen molar-refractivity contribution < 1.29 is 32.3 Å². The van der Waals surface area contributed by atoms with Gasteiger partial charge in [-0.2, -0.15) is 0 Å². The Hall–Kier alpha value is -4.62. The number of sulfonamides is 1. The third kappa shape index (κ3) is 8.74. The number of ketones is 1. The van der Waals surface area contributed by atoms with Crippen LogP contribution in [0.25, 0.3) is 21.6 Å². The molecule has 2 aliphatic heterocycles. The molecule has 1 N–H and O–H groups in total. The summed E-state index contributed by atoms with van der Waals surface area (Å²) in [5.41, 5.74) is 4.17. The summed E-state index contributed by atoms with van der Waals surface area (Å²) in [6, 6.07) is 13.1. The Bertz CT molecular complexity index is 2490. The first-order valence-electron chi connectivity index (χ1n) is 21.8. The van der Waals surface area contributed by atoms with Crippen LogP contribution in [0.15, 0.2) is 60.0 Å². The number of ether oxygens (including phenoxy) is 2. The average Bonchev–Trinajstić information content (AvgIpc) is 3.99. The quantitative estimate of drug-likeness (QED) is 0.155. The van der Waals surface area contributed by atoms with Gasteiger partial charge in [0.1, 0.15) is 28.3 Å². The van der Waals surface area contributed by atoms with E-state index in [1.54, 1.807) is 18.9 Å². The minimum atomic E-state index is -3.93. The number of pyridine rings is 1. The van der Waals surface area contributed by atoms with Crippen molar-refractivity contribution in [3.63, 3.8) is 0 Å². The summed E-state index contributed by atoms with van der Waals surface area (Å²) in [5, 5.41) is 3.58. The number of aromatic nitrogens is 2. The summed E-state index contributed by atoms with van der Waals surface area (Å²) in [6.45, 7) is 10.0. The molecule has 8 rings (SSSR count). The molecule has 0 spiro atoms. The van der Waals surface area contributed by atoms with E-state index in [1.165, 1.54) is 11.3 Å². The number of allylic oxidation sites excluding steroid dienone is 2. The largest absolute Gasteiger partial charge is 0.496 e. The first-order chi connectivity index (χ1) is 29.1. The fourth-order valence-electron chi connectivity index (χ4n) is 9.20. The third-order valence-corrected chi connectivity index (χ3v) is 16.6. The van der Waals surface area contributed by atoms with Crippen LogP contribution >= 0.6 is 11.3 Å². The molecular formula is C48H58N4O7S2. The molecule has 4 aromatic rings. The molecule has 0 bridgehead atoms. The topological polar surface area (TPSA) is 145 Å². The first kappa shape index (κ1) is 43.0. The molecule has 4 aliphatic rings. The van der Waals surface area contributed by atoms with Gasteiger partial charge in [0.05, 0.1) is 41.1 Å². The summed E-state index contributed by atoms with van der Waals surface area (Å²) in [7, 11) is -2.30. The number of carbonyl (C=O) groups is 3. The molecule has 13 heteroatoms. The molecule has 3 fully saturated rings. The van der Waals surface area contributed by atoms with E-state index in [9.17, 15) is 18.0 Å². The van der Waals surface area contributed by atoms with Crippen LogP contribution in [0.2, 0.25) is 0 Å². The van der Waals surface area contributed by atoms with E-state index in [0.29, 0.717) is 54.8 Å². The maximum Gasteiger partial charge on any atom is 0.240 e. The molecule has 324 valence electrons. The SMILES string of the molecule is COc1ccc2c(O[C@@H]3C[C@H]4C(=O)C[C@]5(C(=O)NS(=O)(=O)C6(C)CC6)C[C@@H]5/C=C\CCCCC[C@H](Cc5cccc(C)c5)C(=O)N4C3)cc(-c3nc(C(C)C)cs3)nc2c1C. The molecule has 2 amide bonds. The molecule has 2 aromatic heterocycles. The van der Waals surface area contributed by atoms with Gasteiger partial charge in [-0.05, 0) is 95.2 Å². The standard InChI is InChI=1S/C48H58N4O7S2/c1-29(2)38-28-60-44(50-38)37-24-42(36-17-18-41(58-6)31(4)43(36)49-37)59-35-23-39-40(53)26-48(46(55)51-61(56,57)47(5)19-20-47)25-34(48)16-11-9-7-8-10-15-33(45(54)52(39)27-35)22-32-14-12-13-30(3)21-32/h11-14,16-18,21,24,28-29,33-35,39H,7-10,15,19-20,22-23,25-27H2,1-6H3,(H,51,55)/b16-11-/t33-,34+,35-,39+,48-/m1/s1. The summed E-state index contributed by atoms with van der Waals surface area (Å²) in [6.07, 6.45) is 9.64. The third-order valence-electron chi connectivity index (χ3n) is 13.5. The number of nitrogens with one attached hydrogen (secondary N) is 1. The predicted octanol–water partition coefficient (Wildman–Crippen LogP) is 8.80. The lowest BCUT2D eigenvalue weighted by atomic mass is 9.89. The van der Waals surface area contributed by atoms with Crippen molar-refractivity contribution in [3.05, 3.63) is 82.4 Å². The summed E-state index contributed by atoms with van der Waals surface area (Å²) < 4.78 is 40.7. The number of benzene rings is 2. The molecule has 5 atom stereocenters. The molecule has 61 heavy (non-hydrogen) atoms. The van der Waals surface area contributed by atoms with Gasteiger partial charge in [0.15, 0.2) is 5.78 Å². The van der Waals surface area contributed by atoms with Gasteiger partial charge in [-0.1, -0.05) is 68.7 Å². The van der Waals surface area contributed by atoms with Gasteiger partial charge in [0.25, 0.3) is 0 Å². The Kier molecular flexibility index (Phi) is 11.9. The summed E-state index contributed by atoms with van der Waals surface area (Å²) in [4.78, 5) is 55.7. The van der Waals surface area contributed by atoms with E-state index < -0.39 is 38.2 Å². The lowest BCUT2D eigenvalue weighted by molar-refractivity contribution is -0.142. The van der Waals surface area contributed by atoms with Gasteiger partial charge >= 0.3 is 0 Å². The van der Waals surface area contributed by atoms with E-state index in [4.69, 9.17) is 19.4 Å². The smallest absolute Gasteiger partial charge is 0.240 e. The van der Waals surface area contributed by atoms with Gasteiger partial charge in [-0.3, -0.25) is 19.1 Å². The summed E-state index contributed by atoms with van der Waals surface area (Å²) in [5.74, 6) is -0.118. The number of Topliss-reactive ketones (excluding diaryl/α,β-unsaturated/α-hetero) is 1. The zero-order valence-corrected chi connectivity index (χ0v) is 37.8. The Morgan fingerprint density at radius 2 is 1.85 bits per heavy atom. The Morgan fingerprint density at radius 1 is 1.05 bits per heavy atom. The van der Waals surface area contributed by atoms with Crippen LogP contribution in [0, 0.1) is 31.1 Å². The highest BCUT2D eigenvalue weighted by Crippen LogP contribution is 2.58. The van der Waals surface area contributed by atoms with Crippen molar-refractivity contribution in [2.45, 2.75) is 128 Å². The lowest BCUT2D eigenvalue weighted by Crippen LogP contribution is -2.47. The summed E-state index contributed by atoms with van der Waals surface area (Å²) >= 11 is 1.52. The van der Waals surface area contributed by atoms with Crippen LogP contribution in [0.4, 0.5) is 0 Å². The highest BCUT2D eigenvalue weighted by molar-refractivity contribution is 7.91. The van der Waals surface area contributed by atoms with Crippen molar-refractivity contribution in [2.75, 3.05) is 13.7 Å². The van der Waals surface area contributed by atoms with Gasteiger partial charge in [-0.25, -0.2) is 18.4 Å². The molecule has 4 heterocycles. The number of amides is 2. The number of rotatable bonds is 10. The molecule has 0 unspecified atom stereocenters. The fourth-order valence-corrected chi connectivity index (χ4v) is 11.5.